The molecule has 0 aromatic carbocycles. The van der Waals surface area contributed by atoms with Gasteiger partial charge in [0, 0.05) is 166 Å². The van der Waals surface area contributed by atoms with Crippen molar-refractivity contribution in [3.63, 3.8) is 0 Å². The van der Waals surface area contributed by atoms with Gasteiger partial charge in [0.05, 0.1) is 0 Å². The van der Waals surface area contributed by atoms with Crippen molar-refractivity contribution in [1.29, 1.82) is 0 Å². The van der Waals surface area contributed by atoms with E-state index < -0.39 is 0 Å². The van der Waals surface area contributed by atoms with E-state index in [0.717, 1.165) is 78.0 Å². The zero-order valence-corrected chi connectivity index (χ0v) is 25.1. The summed E-state index contributed by atoms with van der Waals surface area (Å²) in [5, 5.41) is 48.4. The molecular formula is C28H52CoN12. The normalized spacial score (nSPS) is 56.2. The first-order chi connectivity index (χ1) is 19.8. The molecule has 0 spiro atoms. The van der Waals surface area contributed by atoms with Crippen LogP contribution in [0.2, 0.25) is 0 Å². The number of hydrogen-bond donors (Lipinski definition) is 12. The van der Waals surface area contributed by atoms with Crippen LogP contribution in [0.5, 0.6) is 0 Å². The van der Waals surface area contributed by atoms with E-state index in [1.807, 2.05) is 0 Å². The zero-order chi connectivity index (χ0) is 26.2. The van der Waals surface area contributed by atoms with Gasteiger partial charge in [-0.05, 0) is 25.7 Å². The van der Waals surface area contributed by atoms with Crippen LogP contribution in [-0.4, -0.2) is 149 Å². The predicted molar refractivity (Wildman–Crippen MR) is 156 cm³/mol. The first kappa shape index (κ1) is 28.5. The van der Waals surface area contributed by atoms with E-state index in [1.54, 1.807) is 0 Å². The van der Waals surface area contributed by atoms with Crippen molar-refractivity contribution in [2.75, 3.05) is 52.4 Å². The third-order valence-electron chi connectivity index (χ3n) is 12.3. The van der Waals surface area contributed by atoms with Gasteiger partial charge in [-0.1, -0.05) is 0 Å². The minimum absolute atomic E-state index is 0. The molecule has 0 aliphatic carbocycles. The van der Waals surface area contributed by atoms with Crippen LogP contribution >= 0.6 is 0 Å². The van der Waals surface area contributed by atoms with Crippen LogP contribution in [-0.2, 0) is 16.8 Å². The summed E-state index contributed by atoms with van der Waals surface area (Å²) >= 11 is 0. The number of hydrogen-bond acceptors (Lipinski definition) is 12. The number of nitrogens with one attached hydrogen (secondary N) is 12. The van der Waals surface area contributed by atoms with Crippen molar-refractivity contribution in [2.24, 2.45) is 0 Å². The predicted octanol–water partition coefficient (Wildman–Crippen LogP) is -5.36. The molecule has 0 amide bonds. The number of piperazine rings is 4. The fourth-order valence-electron chi connectivity index (χ4n) is 10.8. The van der Waals surface area contributed by atoms with Crippen LogP contribution in [0, 0.1) is 0 Å². The summed E-state index contributed by atoms with van der Waals surface area (Å²) in [5.74, 6) is 0. The van der Waals surface area contributed by atoms with Gasteiger partial charge >= 0.3 is 0 Å². The fraction of sp³-hybridized carbons (Fsp3) is 1.00. The second-order valence-electron chi connectivity index (χ2n) is 14.3. The number of fused-ring (bicyclic) bond motifs is 20. The van der Waals surface area contributed by atoms with Crippen molar-refractivity contribution >= 4 is 0 Å². The van der Waals surface area contributed by atoms with E-state index in [2.05, 4.69) is 63.8 Å². The molecule has 0 aromatic rings. The summed E-state index contributed by atoms with van der Waals surface area (Å²) in [7, 11) is 0. The van der Waals surface area contributed by atoms with Gasteiger partial charge < -0.3 is 63.8 Å². The van der Waals surface area contributed by atoms with Gasteiger partial charge in [-0.2, -0.15) is 0 Å². The summed E-state index contributed by atoms with van der Waals surface area (Å²) in [6.45, 7) is 8.53. The second kappa shape index (κ2) is 11.8. The van der Waals surface area contributed by atoms with E-state index in [-0.39, 0.29) is 16.8 Å². The topological polar surface area (TPSA) is 144 Å². The second-order valence-corrected chi connectivity index (χ2v) is 14.3. The molecule has 9 fully saturated rings. The van der Waals surface area contributed by atoms with Crippen LogP contribution in [0.4, 0.5) is 0 Å². The first-order valence-electron chi connectivity index (χ1n) is 16.7. The molecule has 1 radical (unpaired) electrons. The maximum atomic E-state index is 4.21. The molecule has 41 heavy (non-hydrogen) atoms. The Labute approximate surface area is 254 Å². The van der Waals surface area contributed by atoms with Crippen molar-refractivity contribution in [2.45, 2.75) is 122 Å². The Morgan fingerprint density at radius 3 is 0.537 bits per heavy atom. The Balaban J connectivity index is 0.00000256. The van der Waals surface area contributed by atoms with E-state index >= 15 is 0 Å². The summed E-state index contributed by atoms with van der Waals surface area (Å²) in [4.78, 5) is 0. The molecule has 0 saturated carbocycles. The first-order valence-corrected chi connectivity index (χ1v) is 16.7. The van der Waals surface area contributed by atoms with Crippen LogP contribution in [0.1, 0.15) is 25.7 Å². The average Bonchev–Trinajstić information content (AvgIpc) is 3.73. The summed E-state index contributed by atoms with van der Waals surface area (Å²) < 4.78 is 0. The summed E-state index contributed by atoms with van der Waals surface area (Å²) in [5.41, 5.74) is 0. The van der Waals surface area contributed by atoms with E-state index in [4.69, 9.17) is 0 Å². The standard InChI is InChI=1S/C28H52N12.Co/c1-2-30-22-14-10-16-24-26(34-6-5-32-24)18(39-16)12-20-28-27(35-7-8-36-28)19(40-20)11-17-25-23(31-3-4-33-25)15(38-17)9-13(37-14)21(22)29-1;/h13-40H,1-12H2;. The Morgan fingerprint density at radius 2 is 0.390 bits per heavy atom. The Morgan fingerprint density at radius 1 is 0.244 bits per heavy atom. The SMILES string of the molecule is C1CNC2C3CC4NC(CC5NC(CC6NC(CC(N3)C2N1)C1NCCNC61)C1NCCNC51)C1NCCNC41.[Co]. The van der Waals surface area contributed by atoms with Gasteiger partial charge in [0.2, 0.25) is 0 Å². The van der Waals surface area contributed by atoms with Crippen molar-refractivity contribution in [3.05, 3.63) is 0 Å². The van der Waals surface area contributed by atoms with Crippen LogP contribution in [0.3, 0.4) is 0 Å². The molecule has 9 rings (SSSR count). The van der Waals surface area contributed by atoms with Gasteiger partial charge in [-0.25, -0.2) is 0 Å². The Hall–Kier alpha value is 0.0265. The maximum Gasteiger partial charge on any atom is 0.0392 e. The molecule has 13 heteroatoms. The van der Waals surface area contributed by atoms with Crippen molar-refractivity contribution in [3.8, 4) is 0 Å². The minimum atomic E-state index is 0. The third kappa shape index (κ3) is 4.96. The minimum Gasteiger partial charge on any atom is -0.310 e. The largest absolute Gasteiger partial charge is 0.310 e. The van der Waals surface area contributed by atoms with Gasteiger partial charge in [0.25, 0.3) is 0 Å². The summed E-state index contributed by atoms with van der Waals surface area (Å²) in [6.07, 6.45) is 4.66. The van der Waals surface area contributed by atoms with Crippen LogP contribution in [0.25, 0.3) is 0 Å². The molecule has 233 valence electrons. The zero-order valence-electron chi connectivity index (χ0n) is 24.1. The monoisotopic (exact) mass is 615 g/mol. The van der Waals surface area contributed by atoms with E-state index in [1.165, 1.54) is 0 Å². The molecule has 9 heterocycles. The molecular weight excluding hydrogens is 563 g/mol. The molecule has 9 saturated heterocycles. The van der Waals surface area contributed by atoms with Crippen molar-refractivity contribution in [1.82, 2.24) is 63.8 Å². The summed E-state index contributed by atoms with van der Waals surface area (Å²) in [6, 6.07) is 7.75. The van der Waals surface area contributed by atoms with Crippen LogP contribution < -0.4 is 63.8 Å². The Bertz CT molecular complexity index is 723. The van der Waals surface area contributed by atoms with Crippen LogP contribution in [0.15, 0.2) is 0 Å². The maximum absolute atomic E-state index is 4.21. The molecule has 12 N–H and O–H groups in total. The molecule has 0 aromatic heterocycles. The molecule has 16 unspecified atom stereocenters. The van der Waals surface area contributed by atoms with Gasteiger partial charge in [-0.3, -0.25) is 0 Å². The van der Waals surface area contributed by atoms with Gasteiger partial charge in [-0.15, -0.1) is 0 Å². The smallest absolute Gasteiger partial charge is 0.0392 e. The molecule has 9 aliphatic heterocycles. The van der Waals surface area contributed by atoms with Gasteiger partial charge in [0.1, 0.15) is 0 Å². The quantitative estimate of drug-likeness (QED) is 0.127. The number of rotatable bonds is 0. The molecule has 8 bridgehead atoms. The average molecular weight is 616 g/mol. The molecule has 16 atom stereocenters. The fourth-order valence-corrected chi connectivity index (χ4v) is 10.8. The van der Waals surface area contributed by atoms with Gasteiger partial charge in [0.15, 0.2) is 0 Å². The van der Waals surface area contributed by atoms with Crippen molar-refractivity contribution < 1.29 is 16.8 Å². The van der Waals surface area contributed by atoms with E-state index in [0.29, 0.717) is 96.7 Å². The molecule has 9 aliphatic rings. The third-order valence-corrected chi connectivity index (χ3v) is 12.3. The molecule has 12 nitrogen and oxygen atoms in total. The Kier molecular flexibility index (Phi) is 8.17. The van der Waals surface area contributed by atoms with E-state index in [9.17, 15) is 0 Å².